The first kappa shape index (κ1) is 18.4. The molecule has 0 bridgehead atoms. The highest BCUT2D eigenvalue weighted by molar-refractivity contribution is 7.42. The van der Waals surface area contributed by atoms with Gasteiger partial charge < -0.3 is 9.05 Å². The van der Waals surface area contributed by atoms with Gasteiger partial charge in [-0.2, -0.15) is 0 Å². The highest BCUT2D eigenvalue weighted by Crippen LogP contribution is 2.42. The first-order valence-corrected chi connectivity index (χ1v) is 9.67. The predicted molar refractivity (Wildman–Crippen MR) is 107 cm³/mol. The summed E-state index contributed by atoms with van der Waals surface area (Å²) in [6, 6.07) is 23.6. The molecule has 3 aromatic rings. The zero-order valence-electron chi connectivity index (χ0n) is 15.3. The van der Waals surface area contributed by atoms with Crippen LogP contribution in [0.3, 0.4) is 0 Å². The molecule has 3 nitrogen and oxygen atoms in total. The number of rotatable bonds is 7. The van der Waals surface area contributed by atoms with Crippen LogP contribution in [0.2, 0.25) is 0 Å². The molecule has 0 aliphatic rings. The van der Waals surface area contributed by atoms with Gasteiger partial charge in [-0.15, -0.1) is 0 Å². The van der Waals surface area contributed by atoms with Crippen molar-refractivity contribution in [3.05, 3.63) is 95.1 Å². The van der Waals surface area contributed by atoms with E-state index in [-0.39, 0.29) is 0 Å². The van der Waals surface area contributed by atoms with Gasteiger partial charge in [-0.1, -0.05) is 54.1 Å². The summed E-state index contributed by atoms with van der Waals surface area (Å²) in [6.45, 7) is 6.77. The third kappa shape index (κ3) is 5.08. The molecule has 0 spiro atoms. The highest BCUT2D eigenvalue weighted by Gasteiger charge is 2.18. The number of aryl methyl sites for hydroxylation is 3. The van der Waals surface area contributed by atoms with Crippen LogP contribution in [0.4, 0.5) is 0 Å². The van der Waals surface area contributed by atoms with Crippen molar-refractivity contribution in [3.8, 4) is 11.5 Å². The summed E-state index contributed by atoms with van der Waals surface area (Å²) in [7, 11) is -1.57. The fourth-order valence-corrected chi connectivity index (χ4v) is 3.73. The van der Waals surface area contributed by atoms with Crippen LogP contribution in [-0.2, 0) is 11.1 Å². The molecule has 0 N–H and O–H groups in total. The van der Waals surface area contributed by atoms with Crippen molar-refractivity contribution in [2.45, 2.75) is 27.4 Å². The average molecular weight is 366 g/mol. The van der Waals surface area contributed by atoms with Crippen LogP contribution in [0.5, 0.6) is 11.5 Å². The van der Waals surface area contributed by atoms with Gasteiger partial charge >= 0.3 is 8.60 Å². The largest absolute Gasteiger partial charge is 0.463 e. The standard InChI is InChI=1S/C22H23O3P/c1-17-14-18(2)22(19(3)15-17)16-23-26(24-20-10-6-4-7-11-20)25-21-12-8-5-9-13-21/h4-15H,16H2,1-3H3. The second-order valence-corrected chi connectivity index (χ2v) is 7.25. The van der Waals surface area contributed by atoms with E-state index in [9.17, 15) is 0 Å². The molecule has 0 atom stereocenters. The Hall–Kier alpha value is -2.35. The van der Waals surface area contributed by atoms with Crippen LogP contribution in [-0.4, -0.2) is 0 Å². The zero-order chi connectivity index (χ0) is 18.4. The number of para-hydroxylation sites is 2. The lowest BCUT2D eigenvalue weighted by molar-refractivity contribution is 0.255. The number of benzene rings is 3. The third-order valence-corrected chi connectivity index (χ3v) is 5.06. The Bertz CT molecular complexity index is 770. The van der Waals surface area contributed by atoms with Crippen molar-refractivity contribution in [1.82, 2.24) is 0 Å². The molecule has 0 unspecified atom stereocenters. The molecule has 0 aliphatic heterocycles. The summed E-state index contributed by atoms with van der Waals surface area (Å²) in [4.78, 5) is 0. The van der Waals surface area contributed by atoms with Crippen LogP contribution in [0.15, 0.2) is 72.8 Å². The Morgan fingerprint density at radius 1 is 0.692 bits per heavy atom. The first-order chi connectivity index (χ1) is 12.6. The summed E-state index contributed by atoms with van der Waals surface area (Å²) < 4.78 is 18.0. The van der Waals surface area contributed by atoms with Gasteiger partial charge in [-0.25, -0.2) is 0 Å². The van der Waals surface area contributed by atoms with E-state index in [0.29, 0.717) is 6.61 Å². The SMILES string of the molecule is Cc1cc(C)c(COP(Oc2ccccc2)Oc2ccccc2)c(C)c1. The number of hydrogen-bond acceptors (Lipinski definition) is 3. The fraction of sp³-hybridized carbons (Fsp3) is 0.182. The molecular formula is C22H23O3P. The van der Waals surface area contributed by atoms with E-state index < -0.39 is 8.60 Å². The maximum Gasteiger partial charge on any atom is 0.463 e. The lowest BCUT2D eigenvalue weighted by Gasteiger charge is -2.19. The van der Waals surface area contributed by atoms with E-state index in [2.05, 4.69) is 32.9 Å². The lowest BCUT2D eigenvalue weighted by Crippen LogP contribution is -2.03. The maximum atomic E-state index is 6.06. The van der Waals surface area contributed by atoms with Gasteiger partial charge in [0, 0.05) is 0 Å². The van der Waals surface area contributed by atoms with Gasteiger partial charge in [0.15, 0.2) is 0 Å². The van der Waals surface area contributed by atoms with E-state index in [1.165, 1.54) is 22.3 Å². The Morgan fingerprint density at radius 3 is 1.62 bits per heavy atom. The molecule has 0 aromatic heterocycles. The monoisotopic (exact) mass is 366 g/mol. The molecular weight excluding hydrogens is 343 g/mol. The highest BCUT2D eigenvalue weighted by atomic mass is 31.2. The summed E-state index contributed by atoms with van der Waals surface area (Å²) in [5, 5.41) is 0. The Kier molecular flexibility index (Phi) is 6.27. The van der Waals surface area contributed by atoms with E-state index in [4.69, 9.17) is 13.6 Å². The van der Waals surface area contributed by atoms with Crippen LogP contribution in [0.25, 0.3) is 0 Å². The molecule has 0 saturated heterocycles. The molecule has 3 aromatic carbocycles. The molecule has 0 saturated carbocycles. The molecule has 26 heavy (non-hydrogen) atoms. The smallest absolute Gasteiger partial charge is 0.418 e. The van der Waals surface area contributed by atoms with E-state index in [0.717, 1.165) is 11.5 Å². The summed E-state index contributed by atoms with van der Waals surface area (Å²) in [5.74, 6) is 1.46. The summed E-state index contributed by atoms with van der Waals surface area (Å²) in [6.07, 6.45) is 0. The Morgan fingerprint density at radius 2 is 1.15 bits per heavy atom. The van der Waals surface area contributed by atoms with Gasteiger partial charge in [0.1, 0.15) is 11.5 Å². The second-order valence-electron chi connectivity index (χ2n) is 6.18. The predicted octanol–water partition coefficient (Wildman–Crippen LogP) is 6.51. The quantitative estimate of drug-likeness (QED) is 0.446. The second kappa shape index (κ2) is 8.84. The van der Waals surface area contributed by atoms with Crippen LogP contribution >= 0.6 is 8.60 Å². The molecule has 0 heterocycles. The van der Waals surface area contributed by atoms with E-state index in [1.54, 1.807) is 0 Å². The van der Waals surface area contributed by atoms with Crippen molar-refractivity contribution >= 4 is 8.60 Å². The van der Waals surface area contributed by atoms with Gasteiger partial charge in [0.05, 0.1) is 6.61 Å². The van der Waals surface area contributed by atoms with Crippen LogP contribution in [0.1, 0.15) is 22.3 Å². The van der Waals surface area contributed by atoms with Crippen molar-refractivity contribution in [3.63, 3.8) is 0 Å². The van der Waals surface area contributed by atoms with E-state index in [1.807, 2.05) is 60.7 Å². The topological polar surface area (TPSA) is 27.7 Å². The summed E-state index contributed by atoms with van der Waals surface area (Å²) >= 11 is 0. The minimum absolute atomic E-state index is 0.448. The molecule has 134 valence electrons. The van der Waals surface area contributed by atoms with Gasteiger partial charge in [-0.3, -0.25) is 4.52 Å². The third-order valence-electron chi connectivity index (χ3n) is 4.00. The minimum atomic E-state index is -1.57. The number of hydrogen-bond donors (Lipinski definition) is 0. The van der Waals surface area contributed by atoms with Crippen molar-refractivity contribution in [1.29, 1.82) is 0 Å². The Balaban J connectivity index is 1.75. The van der Waals surface area contributed by atoms with E-state index >= 15 is 0 Å². The van der Waals surface area contributed by atoms with Gasteiger partial charge in [0.2, 0.25) is 0 Å². The molecule has 4 heteroatoms. The molecule has 0 radical (unpaired) electrons. The summed E-state index contributed by atoms with van der Waals surface area (Å²) in [5.41, 5.74) is 4.87. The normalized spacial score (nSPS) is 10.8. The molecule has 0 amide bonds. The van der Waals surface area contributed by atoms with Gasteiger partial charge in [-0.05, 0) is 61.7 Å². The Labute approximate surface area is 156 Å². The van der Waals surface area contributed by atoms with Crippen molar-refractivity contribution in [2.75, 3.05) is 0 Å². The van der Waals surface area contributed by atoms with Crippen molar-refractivity contribution in [2.24, 2.45) is 0 Å². The lowest BCUT2D eigenvalue weighted by atomic mass is 10.0. The molecule has 0 fully saturated rings. The fourth-order valence-electron chi connectivity index (χ4n) is 2.76. The van der Waals surface area contributed by atoms with Crippen LogP contribution < -0.4 is 9.05 Å². The maximum absolute atomic E-state index is 6.06. The molecule has 0 aliphatic carbocycles. The van der Waals surface area contributed by atoms with Crippen molar-refractivity contribution < 1.29 is 13.6 Å². The minimum Gasteiger partial charge on any atom is -0.418 e. The average Bonchev–Trinajstić information content (AvgIpc) is 2.62. The first-order valence-electron chi connectivity index (χ1n) is 8.57. The van der Waals surface area contributed by atoms with Crippen LogP contribution in [0, 0.1) is 20.8 Å². The molecule has 3 rings (SSSR count). The zero-order valence-corrected chi connectivity index (χ0v) is 16.2. The van der Waals surface area contributed by atoms with Gasteiger partial charge in [0.25, 0.3) is 0 Å².